The Morgan fingerprint density at radius 3 is 2.80 bits per heavy atom. The van der Waals surface area contributed by atoms with Crippen molar-refractivity contribution in [1.82, 2.24) is 15.6 Å². The maximum absolute atomic E-state index is 5.55. The van der Waals surface area contributed by atoms with E-state index in [2.05, 4.69) is 26.9 Å². The van der Waals surface area contributed by atoms with Crippen molar-refractivity contribution in [3.05, 3.63) is 17.3 Å². The van der Waals surface area contributed by atoms with Crippen LogP contribution in [0.4, 0.5) is 0 Å². The average Bonchev–Trinajstić information content (AvgIpc) is 3.02. The fourth-order valence-electron chi connectivity index (χ4n) is 2.45. The third-order valence-electron chi connectivity index (χ3n) is 3.76. The summed E-state index contributed by atoms with van der Waals surface area (Å²) in [4.78, 5) is 8.62. The SMILES string of the molecule is CN=C(NCc1nc(C)c(C)o1)NC1CCC(SC)C1. The van der Waals surface area contributed by atoms with Crippen molar-refractivity contribution in [2.75, 3.05) is 13.3 Å². The lowest BCUT2D eigenvalue weighted by Gasteiger charge is -2.16. The molecule has 2 rings (SSSR count). The number of oxazole rings is 1. The molecule has 0 spiro atoms. The van der Waals surface area contributed by atoms with Gasteiger partial charge in [0.2, 0.25) is 5.89 Å². The summed E-state index contributed by atoms with van der Waals surface area (Å²) in [5.41, 5.74) is 0.948. The minimum absolute atomic E-state index is 0.520. The highest BCUT2D eigenvalue weighted by Gasteiger charge is 2.24. The number of nitrogens with zero attached hydrogens (tertiary/aromatic N) is 2. The van der Waals surface area contributed by atoms with Crippen molar-refractivity contribution in [1.29, 1.82) is 0 Å². The quantitative estimate of drug-likeness (QED) is 0.659. The van der Waals surface area contributed by atoms with Crippen LogP contribution in [0.2, 0.25) is 0 Å². The van der Waals surface area contributed by atoms with Gasteiger partial charge in [0.05, 0.1) is 12.2 Å². The first kappa shape index (κ1) is 15.2. The summed E-state index contributed by atoms with van der Waals surface area (Å²) < 4.78 is 5.55. The summed E-state index contributed by atoms with van der Waals surface area (Å²) >= 11 is 1.96. The molecule has 1 heterocycles. The molecule has 1 aliphatic rings. The fourth-order valence-corrected chi connectivity index (χ4v) is 3.24. The van der Waals surface area contributed by atoms with Gasteiger partial charge in [0.25, 0.3) is 0 Å². The van der Waals surface area contributed by atoms with E-state index in [4.69, 9.17) is 4.42 Å². The van der Waals surface area contributed by atoms with E-state index in [9.17, 15) is 0 Å². The molecule has 20 heavy (non-hydrogen) atoms. The number of aryl methyl sites for hydroxylation is 2. The lowest BCUT2D eigenvalue weighted by Crippen LogP contribution is -2.42. The Hall–Kier alpha value is -1.17. The zero-order valence-corrected chi connectivity index (χ0v) is 13.5. The predicted molar refractivity (Wildman–Crippen MR) is 84.3 cm³/mol. The molecule has 1 aliphatic carbocycles. The average molecular weight is 296 g/mol. The van der Waals surface area contributed by atoms with Crippen molar-refractivity contribution >= 4 is 17.7 Å². The van der Waals surface area contributed by atoms with Gasteiger partial charge < -0.3 is 15.1 Å². The number of nitrogens with one attached hydrogen (secondary N) is 2. The van der Waals surface area contributed by atoms with Gasteiger partial charge in [0, 0.05) is 18.3 Å². The van der Waals surface area contributed by atoms with Crippen LogP contribution >= 0.6 is 11.8 Å². The Morgan fingerprint density at radius 2 is 2.25 bits per heavy atom. The Kier molecular flexibility index (Phi) is 5.34. The molecule has 5 nitrogen and oxygen atoms in total. The van der Waals surface area contributed by atoms with Crippen LogP contribution in [0.25, 0.3) is 0 Å². The van der Waals surface area contributed by atoms with Gasteiger partial charge in [-0.25, -0.2) is 4.98 Å². The first-order valence-electron chi connectivity index (χ1n) is 7.05. The molecule has 1 aromatic rings. The largest absolute Gasteiger partial charge is 0.444 e. The molecule has 1 fully saturated rings. The Morgan fingerprint density at radius 1 is 1.45 bits per heavy atom. The number of thioether (sulfide) groups is 1. The maximum Gasteiger partial charge on any atom is 0.214 e. The molecule has 2 atom stereocenters. The zero-order chi connectivity index (χ0) is 14.5. The molecule has 2 N–H and O–H groups in total. The van der Waals surface area contributed by atoms with Gasteiger partial charge in [-0.05, 0) is 39.4 Å². The number of aliphatic imine (C=N–C) groups is 1. The Bertz CT molecular complexity index is 452. The monoisotopic (exact) mass is 296 g/mol. The summed E-state index contributed by atoms with van der Waals surface area (Å²) in [5.74, 6) is 2.41. The van der Waals surface area contributed by atoms with Crippen molar-refractivity contribution in [2.24, 2.45) is 4.99 Å². The third-order valence-corrected chi connectivity index (χ3v) is 4.86. The van der Waals surface area contributed by atoms with Crippen LogP contribution in [0, 0.1) is 13.8 Å². The van der Waals surface area contributed by atoms with Gasteiger partial charge in [-0.15, -0.1) is 0 Å². The predicted octanol–water partition coefficient (Wildman–Crippen LogP) is 2.24. The number of hydrogen-bond donors (Lipinski definition) is 2. The molecule has 0 saturated heterocycles. The summed E-state index contributed by atoms with van der Waals surface area (Å²) in [7, 11) is 1.79. The second-order valence-electron chi connectivity index (χ2n) is 5.19. The molecular weight excluding hydrogens is 272 g/mol. The highest BCUT2D eigenvalue weighted by atomic mass is 32.2. The van der Waals surface area contributed by atoms with Crippen molar-refractivity contribution in [3.63, 3.8) is 0 Å². The van der Waals surface area contributed by atoms with E-state index >= 15 is 0 Å². The van der Waals surface area contributed by atoms with E-state index in [0.29, 0.717) is 18.5 Å². The van der Waals surface area contributed by atoms with Crippen molar-refractivity contribution in [3.8, 4) is 0 Å². The van der Waals surface area contributed by atoms with Crippen LogP contribution in [0.1, 0.15) is 36.6 Å². The molecule has 0 amide bonds. The van der Waals surface area contributed by atoms with Crippen LogP contribution < -0.4 is 10.6 Å². The molecule has 6 heteroatoms. The van der Waals surface area contributed by atoms with Gasteiger partial charge >= 0.3 is 0 Å². The molecular formula is C14H24N4OS. The lowest BCUT2D eigenvalue weighted by atomic mass is 10.2. The van der Waals surface area contributed by atoms with Gasteiger partial charge in [0.15, 0.2) is 5.96 Å². The zero-order valence-electron chi connectivity index (χ0n) is 12.7. The second-order valence-corrected chi connectivity index (χ2v) is 6.33. The molecule has 0 aliphatic heterocycles. The lowest BCUT2D eigenvalue weighted by molar-refractivity contribution is 0.462. The van der Waals surface area contributed by atoms with E-state index in [0.717, 1.165) is 22.7 Å². The van der Waals surface area contributed by atoms with E-state index in [1.807, 2.05) is 25.6 Å². The van der Waals surface area contributed by atoms with E-state index in [-0.39, 0.29) is 0 Å². The first-order valence-corrected chi connectivity index (χ1v) is 8.34. The number of hydrogen-bond acceptors (Lipinski definition) is 4. The van der Waals surface area contributed by atoms with Crippen molar-refractivity contribution < 1.29 is 4.42 Å². The Labute approximate surface area is 125 Å². The number of rotatable bonds is 4. The van der Waals surface area contributed by atoms with Crippen LogP contribution in [0.3, 0.4) is 0 Å². The third kappa shape index (κ3) is 3.91. The number of guanidine groups is 1. The highest BCUT2D eigenvalue weighted by molar-refractivity contribution is 7.99. The molecule has 2 unspecified atom stereocenters. The van der Waals surface area contributed by atoms with Crippen LogP contribution in [-0.4, -0.2) is 35.5 Å². The summed E-state index contributed by atoms with van der Waals surface area (Å²) in [6.07, 6.45) is 5.89. The Balaban J connectivity index is 1.81. The van der Waals surface area contributed by atoms with E-state index < -0.39 is 0 Å². The minimum atomic E-state index is 0.520. The molecule has 0 radical (unpaired) electrons. The van der Waals surface area contributed by atoms with Crippen molar-refractivity contribution in [2.45, 2.75) is 50.9 Å². The molecule has 1 saturated carbocycles. The molecule has 0 bridgehead atoms. The highest BCUT2D eigenvalue weighted by Crippen LogP contribution is 2.27. The van der Waals surface area contributed by atoms with Gasteiger partial charge in [-0.2, -0.15) is 11.8 Å². The minimum Gasteiger partial charge on any atom is -0.444 e. The summed E-state index contributed by atoms with van der Waals surface area (Å²) in [6, 6.07) is 0.520. The fraction of sp³-hybridized carbons (Fsp3) is 0.714. The van der Waals surface area contributed by atoms with Gasteiger partial charge in [-0.3, -0.25) is 4.99 Å². The van der Waals surface area contributed by atoms with Crippen LogP contribution in [-0.2, 0) is 6.54 Å². The summed E-state index contributed by atoms with van der Waals surface area (Å²) in [5, 5.41) is 7.52. The smallest absolute Gasteiger partial charge is 0.214 e. The standard InChI is InChI=1S/C14H24N4OS/c1-9-10(2)19-13(17-9)8-16-14(15-3)18-11-5-6-12(7-11)20-4/h11-12H,5-8H2,1-4H3,(H2,15,16,18). The maximum atomic E-state index is 5.55. The topological polar surface area (TPSA) is 62.5 Å². The van der Waals surface area contributed by atoms with E-state index in [1.54, 1.807) is 7.05 Å². The van der Waals surface area contributed by atoms with Crippen LogP contribution in [0.5, 0.6) is 0 Å². The summed E-state index contributed by atoms with van der Waals surface area (Å²) in [6.45, 7) is 4.45. The molecule has 1 aromatic heterocycles. The van der Waals surface area contributed by atoms with Crippen LogP contribution in [0.15, 0.2) is 9.41 Å². The normalized spacial score (nSPS) is 23.1. The first-order chi connectivity index (χ1) is 9.62. The molecule has 112 valence electrons. The van der Waals surface area contributed by atoms with Gasteiger partial charge in [-0.1, -0.05) is 0 Å². The van der Waals surface area contributed by atoms with Gasteiger partial charge in [0.1, 0.15) is 5.76 Å². The number of aromatic nitrogens is 1. The molecule has 0 aromatic carbocycles. The second kappa shape index (κ2) is 7.02. The van der Waals surface area contributed by atoms with E-state index in [1.165, 1.54) is 19.3 Å².